The highest BCUT2D eigenvalue weighted by molar-refractivity contribution is 9.10. The molecule has 0 heterocycles. The fourth-order valence-electron chi connectivity index (χ4n) is 1.81. The molecule has 0 unspecified atom stereocenters. The van der Waals surface area contributed by atoms with E-state index in [1.54, 1.807) is 25.3 Å². The number of anilines is 1. The summed E-state index contributed by atoms with van der Waals surface area (Å²) in [6, 6.07) is 13.1. The molecule has 0 saturated heterocycles. The lowest BCUT2D eigenvalue weighted by Crippen LogP contribution is -2.02. The number of ether oxygens (including phenoxy) is 1. The van der Waals surface area contributed by atoms with Crippen LogP contribution in [0.5, 0.6) is 5.75 Å². The third-order valence-corrected chi connectivity index (χ3v) is 3.62. The minimum Gasteiger partial charge on any atom is -0.496 e. The molecule has 1 N–H and O–H groups in total. The number of hydrogen-bond donors (Lipinski definition) is 1. The Morgan fingerprint density at radius 1 is 1.30 bits per heavy atom. The fourth-order valence-corrected chi connectivity index (χ4v) is 2.55. The lowest BCUT2D eigenvalue weighted by Gasteiger charge is -2.12. The Hall–Kier alpha value is -1.70. The Morgan fingerprint density at radius 3 is 2.75 bits per heavy atom. The second-order valence-corrected chi connectivity index (χ2v) is 5.44. The summed E-state index contributed by atoms with van der Waals surface area (Å²) in [7, 11) is 1.61. The van der Waals surface area contributed by atoms with Gasteiger partial charge in [0.1, 0.15) is 5.75 Å². The predicted molar refractivity (Wildman–Crippen MR) is 84.2 cm³/mol. The molecule has 0 spiro atoms. The Kier molecular flexibility index (Phi) is 4.89. The molecule has 5 heteroatoms. The molecule has 0 fully saturated rings. The first kappa shape index (κ1) is 14.7. The quantitative estimate of drug-likeness (QED) is 0.876. The minimum atomic E-state index is 0.528. The fraction of sp³-hybridized carbons (Fsp3) is 0.133. The monoisotopic (exact) mass is 350 g/mol. The van der Waals surface area contributed by atoms with Crippen molar-refractivity contribution >= 4 is 33.2 Å². The van der Waals surface area contributed by atoms with Crippen molar-refractivity contribution in [1.82, 2.24) is 0 Å². The maximum atomic E-state index is 8.95. The van der Waals surface area contributed by atoms with Gasteiger partial charge in [0.25, 0.3) is 0 Å². The lowest BCUT2D eigenvalue weighted by atomic mass is 10.1. The van der Waals surface area contributed by atoms with Gasteiger partial charge in [-0.1, -0.05) is 27.5 Å². The minimum absolute atomic E-state index is 0.528. The van der Waals surface area contributed by atoms with E-state index in [4.69, 9.17) is 21.6 Å². The molecule has 2 rings (SSSR count). The van der Waals surface area contributed by atoms with Crippen LogP contribution in [0.25, 0.3) is 0 Å². The number of methoxy groups -OCH3 is 1. The highest BCUT2D eigenvalue weighted by atomic mass is 79.9. The van der Waals surface area contributed by atoms with Gasteiger partial charge in [-0.15, -0.1) is 0 Å². The average Bonchev–Trinajstić information content (AvgIpc) is 2.46. The molecule has 0 atom stereocenters. The lowest BCUT2D eigenvalue weighted by molar-refractivity contribution is 0.410. The van der Waals surface area contributed by atoms with Gasteiger partial charge in [0.05, 0.1) is 29.5 Å². The maximum Gasteiger partial charge on any atom is 0.123 e. The summed E-state index contributed by atoms with van der Waals surface area (Å²) in [6.45, 7) is 0.528. The van der Waals surface area contributed by atoms with Gasteiger partial charge in [-0.2, -0.15) is 5.26 Å². The summed E-state index contributed by atoms with van der Waals surface area (Å²) in [6.07, 6.45) is 0. The largest absolute Gasteiger partial charge is 0.496 e. The summed E-state index contributed by atoms with van der Waals surface area (Å²) in [4.78, 5) is 0. The number of nitriles is 1. The molecule has 0 aromatic heterocycles. The molecule has 0 aliphatic carbocycles. The maximum absolute atomic E-state index is 8.95. The van der Waals surface area contributed by atoms with E-state index in [0.29, 0.717) is 17.1 Å². The van der Waals surface area contributed by atoms with Crippen LogP contribution in [-0.2, 0) is 6.54 Å². The molecular weight excluding hydrogens is 340 g/mol. The summed E-state index contributed by atoms with van der Waals surface area (Å²) < 4.78 is 6.22. The van der Waals surface area contributed by atoms with Gasteiger partial charge in [0.15, 0.2) is 0 Å². The van der Waals surface area contributed by atoms with E-state index in [9.17, 15) is 0 Å². The van der Waals surface area contributed by atoms with Gasteiger partial charge in [0.2, 0.25) is 0 Å². The van der Waals surface area contributed by atoms with E-state index in [2.05, 4.69) is 27.3 Å². The average molecular weight is 352 g/mol. The number of benzene rings is 2. The number of nitrogens with zero attached hydrogens (tertiary/aromatic N) is 1. The first-order valence-electron chi connectivity index (χ1n) is 5.90. The predicted octanol–water partition coefficient (Wildman–Crippen LogP) is 4.59. The molecule has 3 nitrogen and oxygen atoms in total. The number of nitrogens with one attached hydrogen (secondary N) is 1. The van der Waals surface area contributed by atoms with Crippen LogP contribution >= 0.6 is 27.5 Å². The third-order valence-electron chi connectivity index (χ3n) is 2.81. The van der Waals surface area contributed by atoms with Crippen molar-refractivity contribution in [2.45, 2.75) is 6.54 Å². The zero-order chi connectivity index (χ0) is 14.5. The van der Waals surface area contributed by atoms with Crippen LogP contribution in [0, 0.1) is 11.3 Å². The first-order chi connectivity index (χ1) is 9.63. The third kappa shape index (κ3) is 3.44. The van der Waals surface area contributed by atoms with Crippen molar-refractivity contribution in [3.63, 3.8) is 0 Å². The second kappa shape index (κ2) is 6.65. The summed E-state index contributed by atoms with van der Waals surface area (Å²) >= 11 is 9.52. The van der Waals surface area contributed by atoms with E-state index in [0.717, 1.165) is 21.5 Å². The van der Waals surface area contributed by atoms with Gasteiger partial charge in [0, 0.05) is 16.6 Å². The van der Waals surface area contributed by atoms with Crippen molar-refractivity contribution < 1.29 is 4.74 Å². The smallest absolute Gasteiger partial charge is 0.123 e. The summed E-state index contributed by atoms with van der Waals surface area (Å²) in [5.74, 6) is 0.740. The number of rotatable bonds is 4. The summed E-state index contributed by atoms with van der Waals surface area (Å²) in [5.41, 5.74) is 2.34. The van der Waals surface area contributed by atoms with Crippen molar-refractivity contribution in [3.05, 3.63) is 57.0 Å². The molecule has 102 valence electrons. The Bertz CT molecular complexity index is 667. The highest BCUT2D eigenvalue weighted by Gasteiger charge is 2.06. The van der Waals surface area contributed by atoms with Crippen LogP contribution in [0.3, 0.4) is 0 Å². The van der Waals surface area contributed by atoms with E-state index < -0.39 is 0 Å². The second-order valence-electron chi connectivity index (χ2n) is 4.12. The van der Waals surface area contributed by atoms with Crippen LogP contribution in [0.15, 0.2) is 40.9 Å². The highest BCUT2D eigenvalue weighted by Crippen LogP contribution is 2.27. The molecule has 0 saturated carbocycles. The normalized spacial score (nSPS) is 9.90. The standard InChI is InChI=1S/C15H12BrClN2O/c1-20-15-5-2-10(8-18)6-11(15)9-19-14-4-3-12(16)7-13(14)17/h2-7,19H,9H2,1H3. The molecule has 0 radical (unpaired) electrons. The van der Waals surface area contributed by atoms with Crippen molar-refractivity contribution in [1.29, 1.82) is 5.26 Å². The molecule has 20 heavy (non-hydrogen) atoms. The van der Waals surface area contributed by atoms with Crippen LogP contribution in [0.4, 0.5) is 5.69 Å². The van der Waals surface area contributed by atoms with E-state index in [1.807, 2.05) is 18.2 Å². The molecule has 0 bridgehead atoms. The molecular formula is C15H12BrClN2O. The zero-order valence-corrected chi connectivity index (χ0v) is 13.1. The van der Waals surface area contributed by atoms with Crippen LogP contribution in [0.2, 0.25) is 5.02 Å². The number of halogens is 2. The summed E-state index contributed by atoms with van der Waals surface area (Å²) in [5, 5.41) is 12.8. The van der Waals surface area contributed by atoms with E-state index >= 15 is 0 Å². The molecule has 2 aromatic rings. The molecule has 0 aliphatic rings. The van der Waals surface area contributed by atoms with Gasteiger partial charge in [-0.25, -0.2) is 0 Å². The van der Waals surface area contributed by atoms with Crippen molar-refractivity contribution in [2.24, 2.45) is 0 Å². The SMILES string of the molecule is COc1ccc(C#N)cc1CNc1ccc(Br)cc1Cl. The van der Waals surface area contributed by atoms with E-state index in [-0.39, 0.29) is 0 Å². The van der Waals surface area contributed by atoms with Crippen LogP contribution in [0.1, 0.15) is 11.1 Å². The van der Waals surface area contributed by atoms with Gasteiger partial charge >= 0.3 is 0 Å². The van der Waals surface area contributed by atoms with Gasteiger partial charge in [-0.05, 0) is 36.4 Å². The van der Waals surface area contributed by atoms with Crippen LogP contribution < -0.4 is 10.1 Å². The van der Waals surface area contributed by atoms with E-state index in [1.165, 1.54) is 0 Å². The number of hydrogen-bond acceptors (Lipinski definition) is 3. The first-order valence-corrected chi connectivity index (χ1v) is 7.07. The molecule has 0 aliphatic heterocycles. The van der Waals surface area contributed by atoms with Crippen LogP contribution in [-0.4, -0.2) is 7.11 Å². The zero-order valence-electron chi connectivity index (χ0n) is 10.8. The molecule has 2 aromatic carbocycles. The van der Waals surface area contributed by atoms with Gasteiger partial charge in [-0.3, -0.25) is 0 Å². The Morgan fingerprint density at radius 2 is 2.10 bits per heavy atom. The van der Waals surface area contributed by atoms with Gasteiger partial charge < -0.3 is 10.1 Å². The topological polar surface area (TPSA) is 45.0 Å². The van der Waals surface area contributed by atoms with Crippen molar-refractivity contribution in [2.75, 3.05) is 12.4 Å². The Labute approximate surface area is 131 Å². The van der Waals surface area contributed by atoms with Crippen molar-refractivity contribution in [3.8, 4) is 11.8 Å². The molecule has 0 amide bonds. The Balaban J connectivity index is 2.20.